The summed E-state index contributed by atoms with van der Waals surface area (Å²) >= 11 is 0. The number of benzene rings is 1. The Kier molecular flexibility index (Phi) is 2.60. The maximum Gasteiger partial charge on any atom is 0.325 e. The Bertz CT molecular complexity index is 700. The SMILES string of the molecule is O=C(O)Cn1ccc(N2C(=O)c3ccccc3C2=O)n1. The molecule has 0 spiro atoms. The van der Waals surface area contributed by atoms with Gasteiger partial charge in [-0.2, -0.15) is 5.10 Å². The van der Waals surface area contributed by atoms with E-state index in [4.69, 9.17) is 5.11 Å². The molecule has 100 valence electrons. The van der Waals surface area contributed by atoms with E-state index in [9.17, 15) is 14.4 Å². The normalized spacial score (nSPS) is 13.7. The lowest BCUT2D eigenvalue weighted by Gasteiger charge is -2.09. The topological polar surface area (TPSA) is 92.5 Å². The van der Waals surface area contributed by atoms with Crippen molar-refractivity contribution in [2.75, 3.05) is 4.90 Å². The van der Waals surface area contributed by atoms with Crippen LogP contribution in [0.5, 0.6) is 0 Å². The fourth-order valence-electron chi connectivity index (χ4n) is 2.09. The molecule has 0 atom stereocenters. The monoisotopic (exact) mass is 271 g/mol. The van der Waals surface area contributed by atoms with E-state index in [-0.39, 0.29) is 12.4 Å². The summed E-state index contributed by atoms with van der Waals surface area (Å²) in [6.45, 7) is -0.330. The number of carboxylic acids is 1. The average molecular weight is 271 g/mol. The number of rotatable bonds is 3. The van der Waals surface area contributed by atoms with Crippen LogP contribution in [0.2, 0.25) is 0 Å². The molecule has 20 heavy (non-hydrogen) atoms. The second kappa shape index (κ2) is 4.30. The maximum atomic E-state index is 12.2. The van der Waals surface area contributed by atoms with Gasteiger partial charge in [0.2, 0.25) is 0 Å². The lowest BCUT2D eigenvalue weighted by Crippen LogP contribution is -2.30. The van der Waals surface area contributed by atoms with Gasteiger partial charge in [-0.05, 0) is 12.1 Å². The first-order valence-corrected chi connectivity index (χ1v) is 5.81. The van der Waals surface area contributed by atoms with Crippen LogP contribution in [0.15, 0.2) is 36.5 Å². The Morgan fingerprint density at radius 1 is 1.10 bits per heavy atom. The van der Waals surface area contributed by atoms with Crippen molar-refractivity contribution in [1.29, 1.82) is 0 Å². The Morgan fingerprint density at radius 2 is 1.70 bits per heavy atom. The second-order valence-electron chi connectivity index (χ2n) is 4.26. The molecular weight excluding hydrogens is 262 g/mol. The molecule has 1 aliphatic rings. The molecule has 0 radical (unpaired) electrons. The van der Waals surface area contributed by atoms with Gasteiger partial charge in [-0.15, -0.1) is 0 Å². The summed E-state index contributed by atoms with van der Waals surface area (Å²) in [6, 6.07) is 7.94. The molecule has 1 aliphatic heterocycles. The predicted octanol–water partition coefficient (Wildman–Crippen LogP) is 0.768. The first kappa shape index (κ1) is 12.1. The van der Waals surface area contributed by atoms with Crippen molar-refractivity contribution in [3.63, 3.8) is 0 Å². The molecule has 0 saturated heterocycles. The van der Waals surface area contributed by atoms with Crippen molar-refractivity contribution >= 4 is 23.6 Å². The van der Waals surface area contributed by atoms with Gasteiger partial charge in [0.15, 0.2) is 5.82 Å². The summed E-state index contributed by atoms with van der Waals surface area (Å²) in [7, 11) is 0. The van der Waals surface area contributed by atoms with Gasteiger partial charge in [0.25, 0.3) is 11.8 Å². The third-order valence-corrected chi connectivity index (χ3v) is 2.95. The second-order valence-corrected chi connectivity index (χ2v) is 4.26. The standard InChI is InChI=1S/C13H9N3O4/c17-11(18)7-15-6-5-10(14-15)16-12(19)8-3-1-2-4-9(8)13(16)20/h1-6H,7H2,(H,17,18). The van der Waals surface area contributed by atoms with Crippen molar-refractivity contribution in [3.05, 3.63) is 47.7 Å². The molecule has 2 amide bonds. The highest BCUT2D eigenvalue weighted by Gasteiger charge is 2.37. The van der Waals surface area contributed by atoms with Gasteiger partial charge >= 0.3 is 5.97 Å². The number of carbonyl (C=O) groups is 3. The van der Waals surface area contributed by atoms with E-state index < -0.39 is 17.8 Å². The third-order valence-electron chi connectivity index (χ3n) is 2.95. The summed E-state index contributed by atoms with van der Waals surface area (Å²) in [5.41, 5.74) is 0.649. The van der Waals surface area contributed by atoms with Crippen LogP contribution in [0.25, 0.3) is 0 Å². The molecule has 0 fully saturated rings. The molecule has 2 heterocycles. The number of carboxylic acid groups (broad SMARTS) is 1. The fraction of sp³-hybridized carbons (Fsp3) is 0.0769. The Balaban J connectivity index is 1.96. The first-order valence-electron chi connectivity index (χ1n) is 5.81. The van der Waals surface area contributed by atoms with E-state index in [0.717, 1.165) is 9.58 Å². The van der Waals surface area contributed by atoms with E-state index in [2.05, 4.69) is 5.10 Å². The lowest BCUT2D eigenvalue weighted by atomic mass is 10.1. The van der Waals surface area contributed by atoms with Crippen LogP contribution in [-0.4, -0.2) is 32.7 Å². The minimum atomic E-state index is -1.05. The van der Waals surface area contributed by atoms with E-state index in [1.165, 1.54) is 12.3 Å². The molecule has 2 aromatic rings. The summed E-state index contributed by atoms with van der Waals surface area (Å²) < 4.78 is 1.15. The summed E-state index contributed by atoms with van der Waals surface area (Å²) in [4.78, 5) is 35.9. The molecule has 0 aliphatic carbocycles. The minimum Gasteiger partial charge on any atom is -0.480 e. The van der Waals surface area contributed by atoms with Crippen LogP contribution in [0.1, 0.15) is 20.7 Å². The molecule has 1 aromatic heterocycles. The van der Waals surface area contributed by atoms with E-state index in [1.54, 1.807) is 24.3 Å². The van der Waals surface area contributed by atoms with Crippen LogP contribution in [0.4, 0.5) is 5.82 Å². The van der Waals surface area contributed by atoms with Crippen LogP contribution in [-0.2, 0) is 11.3 Å². The Labute approximate surface area is 113 Å². The molecular formula is C13H9N3O4. The highest BCUT2D eigenvalue weighted by Crippen LogP contribution is 2.26. The number of anilines is 1. The zero-order valence-electron chi connectivity index (χ0n) is 10.2. The molecule has 0 saturated carbocycles. The van der Waals surface area contributed by atoms with Crippen LogP contribution in [0, 0.1) is 0 Å². The number of aromatic nitrogens is 2. The molecule has 0 bridgehead atoms. The lowest BCUT2D eigenvalue weighted by molar-refractivity contribution is -0.137. The minimum absolute atomic E-state index is 0.123. The van der Waals surface area contributed by atoms with Gasteiger partial charge < -0.3 is 5.11 Å². The van der Waals surface area contributed by atoms with Gasteiger partial charge in [-0.1, -0.05) is 12.1 Å². The number of hydrogen-bond donors (Lipinski definition) is 1. The molecule has 1 aromatic carbocycles. The van der Waals surface area contributed by atoms with Gasteiger partial charge in [-0.25, -0.2) is 4.90 Å². The third kappa shape index (κ3) is 1.76. The Hall–Kier alpha value is -2.96. The molecule has 1 N–H and O–H groups in total. The highest BCUT2D eigenvalue weighted by molar-refractivity contribution is 6.34. The quantitative estimate of drug-likeness (QED) is 0.832. The summed E-state index contributed by atoms with van der Waals surface area (Å²) in [6.07, 6.45) is 1.41. The van der Waals surface area contributed by atoms with Crippen LogP contribution in [0.3, 0.4) is 0 Å². The summed E-state index contributed by atoms with van der Waals surface area (Å²) in [5, 5.41) is 12.6. The number of carbonyl (C=O) groups excluding carboxylic acids is 2. The fourth-order valence-corrected chi connectivity index (χ4v) is 2.09. The van der Waals surface area contributed by atoms with Crippen molar-refractivity contribution in [3.8, 4) is 0 Å². The number of hydrogen-bond acceptors (Lipinski definition) is 4. The predicted molar refractivity (Wildman–Crippen MR) is 67.4 cm³/mol. The molecule has 7 nitrogen and oxygen atoms in total. The van der Waals surface area contributed by atoms with E-state index in [1.807, 2.05) is 0 Å². The highest BCUT2D eigenvalue weighted by atomic mass is 16.4. The number of amides is 2. The van der Waals surface area contributed by atoms with Gasteiger partial charge in [0.05, 0.1) is 11.1 Å². The molecule has 0 unspecified atom stereocenters. The van der Waals surface area contributed by atoms with Crippen molar-refractivity contribution in [2.24, 2.45) is 0 Å². The number of imide groups is 1. The van der Waals surface area contributed by atoms with Gasteiger partial charge in [-0.3, -0.25) is 19.1 Å². The van der Waals surface area contributed by atoms with Crippen molar-refractivity contribution < 1.29 is 19.5 Å². The zero-order valence-corrected chi connectivity index (χ0v) is 10.2. The number of aliphatic carboxylic acids is 1. The number of nitrogens with zero attached hydrogens (tertiary/aromatic N) is 3. The number of fused-ring (bicyclic) bond motifs is 1. The van der Waals surface area contributed by atoms with Crippen LogP contribution >= 0.6 is 0 Å². The first-order chi connectivity index (χ1) is 9.58. The largest absolute Gasteiger partial charge is 0.480 e. The smallest absolute Gasteiger partial charge is 0.325 e. The Morgan fingerprint density at radius 3 is 2.25 bits per heavy atom. The van der Waals surface area contributed by atoms with Gasteiger partial charge in [0.1, 0.15) is 6.54 Å². The molecule has 7 heteroatoms. The van der Waals surface area contributed by atoms with Crippen molar-refractivity contribution in [1.82, 2.24) is 9.78 Å². The van der Waals surface area contributed by atoms with Crippen molar-refractivity contribution in [2.45, 2.75) is 6.54 Å². The average Bonchev–Trinajstić information content (AvgIpc) is 2.94. The van der Waals surface area contributed by atoms with E-state index in [0.29, 0.717) is 11.1 Å². The van der Waals surface area contributed by atoms with Crippen LogP contribution < -0.4 is 4.90 Å². The van der Waals surface area contributed by atoms with E-state index >= 15 is 0 Å². The zero-order chi connectivity index (χ0) is 14.3. The van der Waals surface area contributed by atoms with Gasteiger partial charge in [0, 0.05) is 12.3 Å². The summed E-state index contributed by atoms with van der Waals surface area (Å²) in [5.74, 6) is -1.84. The molecule has 3 rings (SSSR count). The maximum absolute atomic E-state index is 12.2.